The Morgan fingerprint density at radius 3 is 2.87 bits per heavy atom. The molecule has 1 aromatic heterocycles. The Morgan fingerprint density at radius 2 is 2.20 bits per heavy atom. The highest BCUT2D eigenvalue weighted by molar-refractivity contribution is 9.10. The van der Waals surface area contributed by atoms with Gasteiger partial charge in [0.05, 0.1) is 6.54 Å². The van der Waals surface area contributed by atoms with Crippen LogP contribution in [-0.4, -0.2) is 15.0 Å². The maximum Gasteiger partial charge on any atom is 0.102 e. The summed E-state index contributed by atoms with van der Waals surface area (Å²) in [5.74, 6) is 0. The van der Waals surface area contributed by atoms with Gasteiger partial charge in [-0.3, -0.25) is 4.68 Å². The fraction of sp³-hybridized carbons (Fsp3) is 0.200. The van der Waals surface area contributed by atoms with E-state index in [1.165, 1.54) is 0 Å². The largest absolute Gasteiger partial charge is 0.378 e. The number of rotatable bonds is 3. The first kappa shape index (κ1) is 10.2. The molecule has 0 aliphatic carbocycles. The van der Waals surface area contributed by atoms with Gasteiger partial charge in [-0.2, -0.15) is 0 Å². The van der Waals surface area contributed by atoms with Crippen molar-refractivity contribution in [3.63, 3.8) is 0 Å². The predicted octanol–water partition coefficient (Wildman–Crippen LogP) is 2.19. The zero-order valence-corrected chi connectivity index (χ0v) is 9.90. The minimum atomic E-state index is 0.677. The zero-order valence-electron chi connectivity index (χ0n) is 8.31. The molecule has 4 nitrogen and oxygen atoms in total. The SMILES string of the molecule is Cn1cc(CNc2ccccc2Br)nn1. The number of benzene rings is 1. The Balaban J connectivity index is 2.02. The predicted molar refractivity (Wildman–Crippen MR) is 62.5 cm³/mol. The summed E-state index contributed by atoms with van der Waals surface area (Å²) in [4.78, 5) is 0. The minimum absolute atomic E-state index is 0.677. The second kappa shape index (κ2) is 4.44. The number of hydrogen-bond donors (Lipinski definition) is 1. The van der Waals surface area contributed by atoms with Crippen molar-refractivity contribution in [1.29, 1.82) is 0 Å². The molecule has 0 saturated heterocycles. The summed E-state index contributed by atoms with van der Waals surface area (Å²) in [5, 5.41) is 11.1. The summed E-state index contributed by atoms with van der Waals surface area (Å²) in [6.07, 6.45) is 1.89. The number of anilines is 1. The van der Waals surface area contributed by atoms with Crippen LogP contribution in [0.25, 0.3) is 0 Å². The van der Waals surface area contributed by atoms with Gasteiger partial charge in [0.2, 0.25) is 0 Å². The van der Waals surface area contributed by atoms with Crippen LogP contribution in [0.5, 0.6) is 0 Å². The molecule has 0 bridgehead atoms. The third-order valence-electron chi connectivity index (χ3n) is 1.98. The highest BCUT2D eigenvalue weighted by Crippen LogP contribution is 2.21. The average Bonchev–Trinajstić information content (AvgIpc) is 2.63. The molecule has 0 atom stereocenters. The third kappa shape index (κ3) is 2.56. The van der Waals surface area contributed by atoms with Crippen LogP contribution < -0.4 is 5.32 Å². The molecule has 0 amide bonds. The molecule has 0 saturated carbocycles. The van der Waals surface area contributed by atoms with E-state index in [2.05, 4.69) is 31.6 Å². The molecule has 0 unspecified atom stereocenters. The van der Waals surface area contributed by atoms with Crippen molar-refractivity contribution >= 4 is 21.6 Å². The van der Waals surface area contributed by atoms with Gasteiger partial charge in [0.15, 0.2) is 0 Å². The molecule has 1 heterocycles. The number of nitrogens with one attached hydrogen (secondary N) is 1. The lowest BCUT2D eigenvalue weighted by Gasteiger charge is -2.05. The Hall–Kier alpha value is -1.36. The highest BCUT2D eigenvalue weighted by Gasteiger charge is 2.00. The fourth-order valence-corrected chi connectivity index (χ4v) is 1.69. The summed E-state index contributed by atoms with van der Waals surface area (Å²) in [7, 11) is 1.86. The van der Waals surface area contributed by atoms with E-state index < -0.39 is 0 Å². The summed E-state index contributed by atoms with van der Waals surface area (Å²) in [6.45, 7) is 0.677. The van der Waals surface area contributed by atoms with Crippen molar-refractivity contribution in [2.45, 2.75) is 6.54 Å². The van der Waals surface area contributed by atoms with Gasteiger partial charge in [-0.15, -0.1) is 5.10 Å². The number of para-hydroxylation sites is 1. The molecule has 0 aliphatic rings. The molecule has 0 aliphatic heterocycles. The van der Waals surface area contributed by atoms with Crippen molar-refractivity contribution in [3.05, 3.63) is 40.6 Å². The van der Waals surface area contributed by atoms with Crippen LogP contribution in [0.1, 0.15) is 5.69 Å². The summed E-state index contributed by atoms with van der Waals surface area (Å²) >= 11 is 3.47. The minimum Gasteiger partial charge on any atom is -0.378 e. The first-order chi connectivity index (χ1) is 7.25. The lowest BCUT2D eigenvalue weighted by atomic mass is 10.3. The average molecular weight is 267 g/mol. The molecule has 1 N–H and O–H groups in total. The molecular weight excluding hydrogens is 256 g/mol. The smallest absolute Gasteiger partial charge is 0.102 e. The van der Waals surface area contributed by atoms with Crippen molar-refractivity contribution in [2.24, 2.45) is 7.05 Å². The van der Waals surface area contributed by atoms with Gasteiger partial charge in [0.1, 0.15) is 5.69 Å². The maximum atomic E-state index is 4.00. The molecule has 15 heavy (non-hydrogen) atoms. The highest BCUT2D eigenvalue weighted by atomic mass is 79.9. The Bertz CT molecular complexity index is 452. The van der Waals surface area contributed by atoms with Gasteiger partial charge in [0.25, 0.3) is 0 Å². The van der Waals surface area contributed by atoms with Crippen LogP contribution >= 0.6 is 15.9 Å². The van der Waals surface area contributed by atoms with Gasteiger partial charge in [-0.1, -0.05) is 17.3 Å². The van der Waals surface area contributed by atoms with Crippen molar-refractivity contribution in [2.75, 3.05) is 5.32 Å². The standard InChI is InChI=1S/C10H11BrN4/c1-15-7-8(13-14-15)6-12-10-5-3-2-4-9(10)11/h2-5,7,12H,6H2,1H3. The van der Waals surface area contributed by atoms with E-state index in [0.29, 0.717) is 6.54 Å². The second-order valence-corrected chi connectivity index (χ2v) is 4.07. The summed E-state index contributed by atoms with van der Waals surface area (Å²) in [5.41, 5.74) is 1.98. The molecule has 0 radical (unpaired) electrons. The fourth-order valence-electron chi connectivity index (χ4n) is 1.27. The Morgan fingerprint density at radius 1 is 1.40 bits per heavy atom. The van der Waals surface area contributed by atoms with E-state index in [1.807, 2.05) is 37.5 Å². The van der Waals surface area contributed by atoms with Gasteiger partial charge >= 0.3 is 0 Å². The summed E-state index contributed by atoms with van der Waals surface area (Å²) in [6, 6.07) is 7.99. The Kier molecular flexibility index (Phi) is 3.01. The number of aryl methyl sites for hydroxylation is 1. The van der Waals surface area contributed by atoms with Gasteiger partial charge in [-0.05, 0) is 28.1 Å². The lowest BCUT2D eigenvalue weighted by Crippen LogP contribution is -2.00. The van der Waals surface area contributed by atoms with Crippen LogP contribution in [0.4, 0.5) is 5.69 Å². The van der Waals surface area contributed by atoms with Crippen LogP contribution in [0.15, 0.2) is 34.9 Å². The molecule has 2 rings (SSSR count). The van der Waals surface area contributed by atoms with Crippen molar-refractivity contribution in [1.82, 2.24) is 15.0 Å². The van der Waals surface area contributed by atoms with Crippen molar-refractivity contribution in [3.8, 4) is 0 Å². The van der Waals surface area contributed by atoms with Gasteiger partial charge in [0, 0.05) is 23.4 Å². The van der Waals surface area contributed by atoms with Crippen molar-refractivity contribution < 1.29 is 0 Å². The van der Waals surface area contributed by atoms with Gasteiger partial charge < -0.3 is 5.32 Å². The van der Waals surface area contributed by atoms with E-state index in [0.717, 1.165) is 15.9 Å². The quantitative estimate of drug-likeness (QED) is 0.926. The van der Waals surface area contributed by atoms with E-state index in [1.54, 1.807) is 4.68 Å². The first-order valence-corrected chi connectivity index (χ1v) is 5.38. The second-order valence-electron chi connectivity index (χ2n) is 3.22. The monoisotopic (exact) mass is 266 g/mol. The molecule has 78 valence electrons. The molecule has 0 spiro atoms. The number of nitrogens with zero attached hydrogens (tertiary/aromatic N) is 3. The van der Waals surface area contributed by atoms with E-state index >= 15 is 0 Å². The van der Waals surface area contributed by atoms with E-state index in [4.69, 9.17) is 0 Å². The number of aromatic nitrogens is 3. The van der Waals surface area contributed by atoms with Crippen LogP contribution in [0.2, 0.25) is 0 Å². The normalized spacial score (nSPS) is 10.3. The van der Waals surface area contributed by atoms with E-state index in [-0.39, 0.29) is 0 Å². The molecule has 0 fully saturated rings. The van der Waals surface area contributed by atoms with Crippen LogP contribution in [-0.2, 0) is 13.6 Å². The molecular formula is C10H11BrN4. The Labute approximate surface area is 96.4 Å². The lowest BCUT2D eigenvalue weighted by molar-refractivity contribution is 0.713. The number of halogens is 1. The summed E-state index contributed by atoms with van der Waals surface area (Å²) < 4.78 is 2.74. The maximum absolute atomic E-state index is 4.00. The first-order valence-electron chi connectivity index (χ1n) is 4.59. The topological polar surface area (TPSA) is 42.7 Å². The molecule has 5 heteroatoms. The third-order valence-corrected chi connectivity index (χ3v) is 2.68. The van der Waals surface area contributed by atoms with Crippen LogP contribution in [0.3, 0.4) is 0 Å². The number of hydrogen-bond acceptors (Lipinski definition) is 3. The zero-order chi connectivity index (χ0) is 10.7. The molecule has 2 aromatic rings. The van der Waals surface area contributed by atoms with Crippen LogP contribution in [0, 0.1) is 0 Å². The van der Waals surface area contributed by atoms with E-state index in [9.17, 15) is 0 Å². The molecule has 1 aromatic carbocycles. The van der Waals surface area contributed by atoms with Gasteiger partial charge in [-0.25, -0.2) is 0 Å².